The number of Topliss-reactive ketones (excluding diaryl/α,β-unsaturated/α-hetero) is 3. The molecular weight excluding hydrogens is 542 g/mol. The van der Waals surface area contributed by atoms with E-state index in [1.54, 1.807) is 59.8 Å². The fourth-order valence-corrected chi connectivity index (χ4v) is 6.86. The van der Waals surface area contributed by atoms with Gasteiger partial charge in [0.25, 0.3) is 5.69 Å². The summed E-state index contributed by atoms with van der Waals surface area (Å²) in [4.78, 5) is 54.7. The van der Waals surface area contributed by atoms with Crippen LogP contribution >= 0.6 is 11.6 Å². The van der Waals surface area contributed by atoms with E-state index in [0.29, 0.717) is 21.7 Å². The van der Waals surface area contributed by atoms with Crippen molar-refractivity contribution in [3.8, 4) is 0 Å². The molecule has 1 unspecified atom stereocenters. The number of hydrogen-bond acceptors (Lipinski definition) is 7. The summed E-state index contributed by atoms with van der Waals surface area (Å²) in [6, 6.07) is 24.2. The van der Waals surface area contributed by atoms with Gasteiger partial charge in [0, 0.05) is 39.8 Å². The van der Waals surface area contributed by atoms with Crippen molar-refractivity contribution in [3.63, 3.8) is 0 Å². The average molecular weight is 562 g/mol. The predicted octanol–water partition coefficient (Wildman–Crippen LogP) is 6.05. The fraction of sp³-hybridized carbons (Fsp3) is 0.125. The minimum absolute atomic E-state index is 0.144. The molecule has 1 fully saturated rings. The number of hydrazone groups is 1. The maximum absolute atomic E-state index is 14.7. The zero-order valence-electron chi connectivity index (χ0n) is 21.3. The largest absolute Gasteiger partial charge is 0.293 e. The van der Waals surface area contributed by atoms with Gasteiger partial charge in [-0.15, -0.1) is 0 Å². The first-order chi connectivity index (χ1) is 19.8. The molecule has 1 saturated heterocycles. The zero-order chi connectivity index (χ0) is 28.5. The number of fused-ring (bicyclic) bond motifs is 5. The van der Waals surface area contributed by atoms with Gasteiger partial charge in [0.1, 0.15) is 11.5 Å². The summed E-state index contributed by atoms with van der Waals surface area (Å²) >= 11 is 6.11. The lowest BCUT2D eigenvalue weighted by Gasteiger charge is -2.36. The van der Waals surface area contributed by atoms with E-state index in [9.17, 15) is 24.5 Å². The summed E-state index contributed by atoms with van der Waals surface area (Å²) < 4.78 is 0. The molecule has 200 valence electrons. The average Bonchev–Trinajstić information content (AvgIpc) is 3.43. The van der Waals surface area contributed by atoms with Crippen molar-refractivity contribution < 1.29 is 19.3 Å². The number of non-ortho nitro benzene ring substituents is 1. The zero-order valence-corrected chi connectivity index (χ0v) is 22.1. The first-order valence-corrected chi connectivity index (χ1v) is 13.4. The van der Waals surface area contributed by atoms with Crippen LogP contribution in [0.3, 0.4) is 0 Å². The van der Waals surface area contributed by atoms with Crippen LogP contribution in [-0.4, -0.2) is 39.5 Å². The van der Waals surface area contributed by atoms with Crippen molar-refractivity contribution in [1.82, 2.24) is 5.01 Å². The number of halogens is 1. The summed E-state index contributed by atoms with van der Waals surface area (Å²) in [7, 11) is 0. The van der Waals surface area contributed by atoms with E-state index < -0.39 is 39.9 Å². The molecule has 8 nitrogen and oxygen atoms in total. The lowest BCUT2D eigenvalue weighted by molar-refractivity contribution is -0.384. The highest BCUT2D eigenvalue weighted by Gasteiger charge is 2.72. The second kappa shape index (κ2) is 9.04. The molecule has 0 N–H and O–H groups in total. The Kier molecular flexibility index (Phi) is 5.52. The summed E-state index contributed by atoms with van der Waals surface area (Å²) in [5.74, 6) is -2.14. The number of carbonyl (C=O) groups excluding carboxylic acids is 3. The molecule has 9 heteroatoms. The quantitative estimate of drug-likeness (QED) is 0.130. The second-order valence-electron chi connectivity index (χ2n) is 10.4. The van der Waals surface area contributed by atoms with Crippen molar-refractivity contribution in [1.29, 1.82) is 0 Å². The predicted molar refractivity (Wildman–Crippen MR) is 152 cm³/mol. The van der Waals surface area contributed by atoms with Crippen molar-refractivity contribution in [2.75, 3.05) is 0 Å². The van der Waals surface area contributed by atoms with Gasteiger partial charge < -0.3 is 0 Å². The molecule has 7 rings (SSSR count). The van der Waals surface area contributed by atoms with Crippen molar-refractivity contribution in [3.05, 3.63) is 146 Å². The Morgan fingerprint density at radius 3 is 2.10 bits per heavy atom. The van der Waals surface area contributed by atoms with Crippen LogP contribution in [0.5, 0.6) is 0 Å². The summed E-state index contributed by atoms with van der Waals surface area (Å²) in [5, 5.41) is 18.2. The van der Waals surface area contributed by atoms with Crippen LogP contribution in [0, 0.1) is 15.5 Å². The molecule has 3 aliphatic rings. The molecule has 0 amide bonds. The van der Waals surface area contributed by atoms with Crippen LogP contribution in [0.1, 0.15) is 59.7 Å². The molecule has 0 bridgehead atoms. The van der Waals surface area contributed by atoms with Gasteiger partial charge in [0.2, 0.25) is 0 Å². The number of benzene rings is 4. The molecule has 2 heterocycles. The SMILES string of the molecule is O=C(c1ccc(Cl)cc1)[C@H]1[C@H](c2ccc([N+](=O)[O-])cc2)C2(C(=O)c3ccccc3C2=O)C2c3ccccc3C=NN21. The molecule has 0 radical (unpaired) electrons. The first-order valence-electron chi connectivity index (χ1n) is 13.0. The Morgan fingerprint density at radius 1 is 0.854 bits per heavy atom. The van der Waals surface area contributed by atoms with Crippen molar-refractivity contribution >= 4 is 40.9 Å². The molecule has 1 spiro atoms. The fourth-order valence-electron chi connectivity index (χ4n) is 6.74. The maximum Gasteiger partial charge on any atom is 0.269 e. The van der Waals surface area contributed by atoms with Crippen molar-refractivity contribution in [2.45, 2.75) is 18.0 Å². The number of carbonyl (C=O) groups is 3. The molecule has 4 aromatic rings. The Balaban J connectivity index is 1.54. The normalized spacial score (nSPS) is 21.5. The van der Waals surface area contributed by atoms with Gasteiger partial charge in [0.15, 0.2) is 17.3 Å². The monoisotopic (exact) mass is 561 g/mol. The summed E-state index contributed by atoms with van der Waals surface area (Å²) in [6.45, 7) is 0. The number of ketones is 3. The van der Waals surface area contributed by atoms with Crippen LogP contribution in [0.2, 0.25) is 5.02 Å². The van der Waals surface area contributed by atoms with Gasteiger partial charge in [-0.3, -0.25) is 29.5 Å². The highest BCUT2D eigenvalue weighted by molar-refractivity contribution is 6.32. The maximum atomic E-state index is 14.7. The Morgan fingerprint density at radius 2 is 1.46 bits per heavy atom. The summed E-state index contributed by atoms with van der Waals surface area (Å²) in [5.41, 5.74) is 0.926. The Bertz CT molecular complexity index is 1780. The number of nitro groups is 1. The third kappa shape index (κ3) is 3.40. The number of nitro benzene ring substituents is 1. The van der Waals surface area contributed by atoms with E-state index in [0.717, 1.165) is 5.56 Å². The summed E-state index contributed by atoms with van der Waals surface area (Å²) in [6.07, 6.45) is 1.64. The van der Waals surface area contributed by atoms with Gasteiger partial charge in [-0.05, 0) is 41.0 Å². The lowest BCUT2D eigenvalue weighted by Crippen LogP contribution is -2.43. The van der Waals surface area contributed by atoms with Crippen LogP contribution in [0.4, 0.5) is 5.69 Å². The molecular formula is C32H20ClN3O5. The lowest BCUT2D eigenvalue weighted by atomic mass is 9.63. The van der Waals surface area contributed by atoms with E-state index in [-0.39, 0.29) is 22.6 Å². The molecule has 41 heavy (non-hydrogen) atoms. The molecule has 3 atom stereocenters. The number of hydrogen-bond donors (Lipinski definition) is 0. The van der Waals surface area contributed by atoms with E-state index in [2.05, 4.69) is 0 Å². The third-order valence-corrected chi connectivity index (χ3v) is 8.69. The van der Waals surface area contributed by atoms with Gasteiger partial charge >= 0.3 is 0 Å². The highest BCUT2D eigenvalue weighted by atomic mass is 35.5. The van der Waals surface area contributed by atoms with Gasteiger partial charge in [-0.2, -0.15) is 5.10 Å². The van der Waals surface area contributed by atoms with Crippen molar-refractivity contribution in [2.24, 2.45) is 10.5 Å². The first kappa shape index (κ1) is 25.0. The van der Waals surface area contributed by atoms with Gasteiger partial charge in [-0.1, -0.05) is 72.3 Å². The number of rotatable bonds is 4. The van der Waals surface area contributed by atoms with Crippen LogP contribution in [0.15, 0.2) is 102 Å². The van der Waals surface area contributed by atoms with Crippen LogP contribution in [0.25, 0.3) is 0 Å². The molecule has 2 aliphatic heterocycles. The molecule has 4 aromatic carbocycles. The van der Waals surface area contributed by atoms with Crippen LogP contribution in [-0.2, 0) is 0 Å². The standard InChI is InChI=1S/C32H20ClN3O5/c33-21-13-9-19(10-14-21)28(37)27-26(18-11-15-22(16-12-18)36(40)41)32(30(38)24-7-3-4-8-25(24)31(32)39)29-23-6-2-1-5-20(23)17-34-35(27)29/h1-17,26-27,29H/t26-,27+,29?/m0/s1. The minimum Gasteiger partial charge on any atom is -0.293 e. The van der Waals surface area contributed by atoms with E-state index in [4.69, 9.17) is 16.7 Å². The second-order valence-corrected chi connectivity index (χ2v) is 10.8. The van der Waals surface area contributed by atoms with E-state index >= 15 is 0 Å². The third-order valence-electron chi connectivity index (χ3n) is 8.44. The molecule has 0 saturated carbocycles. The van der Waals surface area contributed by atoms with Crippen LogP contribution < -0.4 is 0 Å². The Labute approximate surface area is 239 Å². The van der Waals surface area contributed by atoms with E-state index in [1.807, 2.05) is 24.3 Å². The van der Waals surface area contributed by atoms with Gasteiger partial charge in [0.05, 0.1) is 17.2 Å². The Hall–Kier alpha value is -4.95. The molecule has 0 aromatic heterocycles. The van der Waals surface area contributed by atoms with Gasteiger partial charge in [-0.25, -0.2) is 0 Å². The van der Waals surface area contributed by atoms with E-state index in [1.165, 1.54) is 24.3 Å². The molecule has 1 aliphatic carbocycles. The smallest absolute Gasteiger partial charge is 0.269 e. The number of nitrogens with zero attached hydrogens (tertiary/aromatic N) is 3. The minimum atomic E-state index is -1.75. The highest BCUT2D eigenvalue weighted by Crippen LogP contribution is 2.64. The topological polar surface area (TPSA) is 110 Å².